The summed E-state index contributed by atoms with van der Waals surface area (Å²) in [5.41, 5.74) is 8.27. The zero-order valence-corrected chi connectivity index (χ0v) is 16.1. The predicted octanol–water partition coefficient (Wildman–Crippen LogP) is 3.82. The van der Waals surface area contributed by atoms with Crippen LogP contribution in [0, 0.1) is 6.92 Å². The fourth-order valence-electron chi connectivity index (χ4n) is 3.79. The lowest BCUT2D eigenvalue weighted by Crippen LogP contribution is -2.46. The Kier molecular flexibility index (Phi) is 6.19. The van der Waals surface area contributed by atoms with E-state index in [0.717, 1.165) is 44.2 Å². The molecule has 3 amide bonds. The van der Waals surface area contributed by atoms with Gasteiger partial charge in [0.2, 0.25) is 5.91 Å². The Morgan fingerprint density at radius 1 is 1.18 bits per heavy atom. The van der Waals surface area contributed by atoms with Crippen molar-refractivity contribution in [2.24, 2.45) is 5.73 Å². The van der Waals surface area contributed by atoms with E-state index in [4.69, 9.17) is 5.73 Å². The molecule has 6 heteroatoms. The molecule has 0 unspecified atom stereocenters. The first-order valence-corrected chi connectivity index (χ1v) is 9.70. The molecule has 1 atom stereocenters. The number of carbonyl (C=O) groups is 2. The lowest BCUT2D eigenvalue weighted by Gasteiger charge is -2.36. The highest BCUT2D eigenvalue weighted by Gasteiger charge is 2.27. The molecule has 1 aliphatic heterocycles. The van der Waals surface area contributed by atoms with E-state index in [9.17, 15) is 14.7 Å². The van der Waals surface area contributed by atoms with Gasteiger partial charge < -0.3 is 21.1 Å². The van der Waals surface area contributed by atoms with Gasteiger partial charge in [-0.2, -0.15) is 0 Å². The van der Waals surface area contributed by atoms with E-state index >= 15 is 0 Å². The smallest absolute Gasteiger partial charge is 0.322 e. The van der Waals surface area contributed by atoms with Crippen LogP contribution in [0.5, 0.6) is 5.75 Å². The summed E-state index contributed by atoms with van der Waals surface area (Å²) in [6.07, 6.45) is 4.80. The second kappa shape index (κ2) is 8.78. The van der Waals surface area contributed by atoms with Crippen molar-refractivity contribution < 1.29 is 14.7 Å². The molecule has 1 aliphatic rings. The number of anilines is 1. The maximum absolute atomic E-state index is 12.9. The van der Waals surface area contributed by atoms with Crippen LogP contribution in [0.4, 0.5) is 10.5 Å². The number of benzene rings is 2. The molecule has 0 aromatic heterocycles. The van der Waals surface area contributed by atoms with Crippen molar-refractivity contribution in [1.82, 2.24) is 4.90 Å². The summed E-state index contributed by atoms with van der Waals surface area (Å²) in [5.74, 6) is -0.241. The standard InChI is InChI=1S/C22H27N3O3/c1-15-19(21(23)27)6-4-7-20(15)24-22(28)25-14-3-2-5-17(25)11-8-16-9-12-18(26)13-10-16/h4,6-7,9-10,12-13,17,26H,2-3,5,8,11,14H2,1H3,(H2,23,27)(H,24,28)/t17-/m1/s1. The summed E-state index contributed by atoms with van der Waals surface area (Å²) in [6.45, 7) is 2.51. The second-order valence-corrected chi connectivity index (χ2v) is 7.32. The monoisotopic (exact) mass is 381 g/mol. The van der Waals surface area contributed by atoms with Crippen molar-refractivity contribution in [3.8, 4) is 5.75 Å². The van der Waals surface area contributed by atoms with E-state index in [1.165, 1.54) is 0 Å². The van der Waals surface area contributed by atoms with E-state index < -0.39 is 5.91 Å². The highest BCUT2D eigenvalue weighted by molar-refractivity contribution is 5.98. The maximum atomic E-state index is 12.9. The zero-order valence-electron chi connectivity index (χ0n) is 16.1. The number of nitrogens with zero attached hydrogens (tertiary/aromatic N) is 1. The van der Waals surface area contributed by atoms with Gasteiger partial charge in [-0.15, -0.1) is 0 Å². The van der Waals surface area contributed by atoms with Gasteiger partial charge in [0.05, 0.1) is 0 Å². The minimum Gasteiger partial charge on any atom is -0.508 e. The molecule has 0 radical (unpaired) electrons. The van der Waals surface area contributed by atoms with Crippen molar-refractivity contribution in [3.05, 3.63) is 59.2 Å². The first kappa shape index (κ1) is 19.7. The first-order valence-electron chi connectivity index (χ1n) is 9.70. The van der Waals surface area contributed by atoms with E-state index in [2.05, 4.69) is 5.32 Å². The van der Waals surface area contributed by atoms with Gasteiger partial charge >= 0.3 is 6.03 Å². The number of piperidine rings is 1. The Balaban J connectivity index is 1.67. The quantitative estimate of drug-likeness (QED) is 0.735. The van der Waals surface area contributed by atoms with Crippen molar-refractivity contribution >= 4 is 17.6 Å². The van der Waals surface area contributed by atoms with E-state index in [-0.39, 0.29) is 17.8 Å². The molecule has 4 N–H and O–H groups in total. The lowest BCUT2D eigenvalue weighted by atomic mass is 9.96. The van der Waals surface area contributed by atoms with Crippen molar-refractivity contribution in [2.75, 3.05) is 11.9 Å². The number of aryl methyl sites for hydroxylation is 1. The van der Waals surface area contributed by atoms with Gasteiger partial charge in [-0.1, -0.05) is 18.2 Å². The maximum Gasteiger partial charge on any atom is 0.322 e. The molecule has 2 aromatic carbocycles. The molecule has 1 fully saturated rings. The molecule has 2 aromatic rings. The molecule has 6 nitrogen and oxygen atoms in total. The largest absolute Gasteiger partial charge is 0.508 e. The average Bonchev–Trinajstić information content (AvgIpc) is 2.69. The van der Waals surface area contributed by atoms with Crippen LogP contribution in [-0.2, 0) is 6.42 Å². The van der Waals surface area contributed by atoms with Crippen LogP contribution in [0.1, 0.15) is 47.2 Å². The van der Waals surface area contributed by atoms with Crippen LogP contribution in [0.3, 0.4) is 0 Å². The number of phenols is 1. The number of hydrogen-bond acceptors (Lipinski definition) is 3. The summed E-state index contributed by atoms with van der Waals surface area (Å²) in [4.78, 5) is 26.4. The Hall–Kier alpha value is -3.02. The Bertz CT molecular complexity index is 849. The fraction of sp³-hybridized carbons (Fsp3) is 0.364. The molecule has 148 valence electrons. The van der Waals surface area contributed by atoms with Gasteiger partial charge in [-0.3, -0.25) is 4.79 Å². The lowest BCUT2D eigenvalue weighted by molar-refractivity contribution is 0.0999. The predicted molar refractivity (Wildman–Crippen MR) is 109 cm³/mol. The third-order valence-corrected chi connectivity index (χ3v) is 5.43. The second-order valence-electron chi connectivity index (χ2n) is 7.32. The van der Waals surface area contributed by atoms with E-state index in [0.29, 0.717) is 16.8 Å². The molecule has 1 heterocycles. The number of hydrogen-bond donors (Lipinski definition) is 3. The third-order valence-electron chi connectivity index (χ3n) is 5.43. The summed E-state index contributed by atoms with van der Waals surface area (Å²) in [7, 11) is 0. The highest BCUT2D eigenvalue weighted by Crippen LogP contribution is 2.24. The SMILES string of the molecule is Cc1c(NC(=O)N2CCCC[C@@H]2CCc2ccc(O)cc2)cccc1C(N)=O. The van der Waals surface area contributed by atoms with Gasteiger partial charge in [-0.05, 0) is 74.4 Å². The molecular weight excluding hydrogens is 354 g/mol. The molecule has 1 saturated heterocycles. The molecule has 0 saturated carbocycles. The Morgan fingerprint density at radius 2 is 1.93 bits per heavy atom. The molecule has 0 bridgehead atoms. The van der Waals surface area contributed by atoms with Gasteiger partial charge in [-0.25, -0.2) is 4.79 Å². The number of nitrogens with one attached hydrogen (secondary N) is 1. The minimum absolute atomic E-state index is 0.139. The van der Waals surface area contributed by atoms with Crippen molar-refractivity contribution in [3.63, 3.8) is 0 Å². The van der Waals surface area contributed by atoms with Crippen LogP contribution in [0.2, 0.25) is 0 Å². The number of primary amides is 1. The number of rotatable bonds is 5. The van der Waals surface area contributed by atoms with Crippen LogP contribution in [-0.4, -0.2) is 34.5 Å². The number of phenolic OH excluding ortho intramolecular Hbond substituents is 1. The van der Waals surface area contributed by atoms with Crippen molar-refractivity contribution in [1.29, 1.82) is 0 Å². The molecule has 0 aliphatic carbocycles. The molecular formula is C22H27N3O3. The topological polar surface area (TPSA) is 95.7 Å². The van der Waals surface area contributed by atoms with Crippen LogP contribution in [0.15, 0.2) is 42.5 Å². The highest BCUT2D eigenvalue weighted by atomic mass is 16.3. The van der Waals surface area contributed by atoms with Gasteiger partial charge in [0, 0.05) is 23.8 Å². The molecule has 3 rings (SSSR count). The molecule has 0 spiro atoms. The Labute approximate surface area is 165 Å². The van der Waals surface area contributed by atoms with E-state index in [1.807, 2.05) is 17.0 Å². The number of nitrogens with two attached hydrogens (primary N) is 1. The van der Waals surface area contributed by atoms with Gasteiger partial charge in [0.1, 0.15) is 5.75 Å². The number of amides is 3. The number of carbonyl (C=O) groups excluding carboxylic acids is 2. The summed E-state index contributed by atoms with van der Waals surface area (Å²) >= 11 is 0. The van der Waals surface area contributed by atoms with Crippen LogP contribution < -0.4 is 11.1 Å². The summed E-state index contributed by atoms with van der Waals surface area (Å²) in [6, 6.07) is 12.4. The fourth-order valence-corrected chi connectivity index (χ4v) is 3.79. The zero-order chi connectivity index (χ0) is 20.1. The third kappa shape index (κ3) is 4.63. The van der Waals surface area contributed by atoms with Crippen LogP contribution in [0.25, 0.3) is 0 Å². The summed E-state index contributed by atoms with van der Waals surface area (Å²) in [5, 5.41) is 12.4. The van der Waals surface area contributed by atoms with Crippen molar-refractivity contribution in [2.45, 2.75) is 45.1 Å². The average molecular weight is 381 g/mol. The van der Waals surface area contributed by atoms with E-state index in [1.54, 1.807) is 37.3 Å². The normalized spacial score (nSPS) is 16.6. The van der Waals surface area contributed by atoms with Gasteiger partial charge in [0.25, 0.3) is 0 Å². The Morgan fingerprint density at radius 3 is 2.64 bits per heavy atom. The number of urea groups is 1. The number of likely N-dealkylation sites (tertiary alicyclic amines) is 1. The summed E-state index contributed by atoms with van der Waals surface area (Å²) < 4.78 is 0. The van der Waals surface area contributed by atoms with Gasteiger partial charge in [0.15, 0.2) is 0 Å². The first-order chi connectivity index (χ1) is 13.5. The van der Waals surface area contributed by atoms with Crippen LogP contribution >= 0.6 is 0 Å². The molecule has 28 heavy (non-hydrogen) atoms. The minimum atomic E-state index is -0.502. The number of aromatic hydroxyl groups is 1.